The molecule has 0 radical (unpaired) electrons. The average molecular weight is 324 g/mol. The van der Waals surface area contributed by atoms with E-state index in [1.807, 2.05) is 6.20 Å². The van der Waals surface area contributed by atoms with Gasteiger partial charge in [0.05, 0.1) is 12.2 Å². The van der Waals surface area contributed by atoms with E-state index in [-0.39, 0.29) is 5.41 Å². The SMILES string of the molecule is CCSCC(C)(C)N1CCC(n2cc(C(C)(C)C)cn2)CC1. The van der Waals surface area contributed by atoms with Crippen molar-refractivity contribution >= 4 is 11.8 Å². The first-order chi connectivity index (χ1) is 10.2. The number of piperidine rings is 1. The molecular weight excluding hydrogens is 290 g/mol. The fourth-order valence-electron chi connectivity index (χ4n) is 3.10. The molecule has 1 aliphatic rings. The molecule has 1 saturated heterocycles. The summed E-state index contributed by atoms with van der Waals surface area (Å²) in [5.74, 6) is 2.44. The van der Waals surface area contributed by atoms with Crippen LogP contribution in [0.1, 0.15) is 66.0 Å². The standard InChI is InChI=1S/C18H33N3S/c1-7-22-14-18(5,6)20-10-8-16(9-11-20)21-13-15(12-19-21)17(2,3)4/h12-13,16H,7-11,14H2,1-6H3. The Hall–Kier alpha value is -0.480. The summed E-state index contributed by atoms with van der Waals surface area (Å²) in [7, 11) is 0. The summed E-state index contributed by atoms with van der Waals surface area (Å²) in [6.45, 7) is 16.2. The predicted molar refractivity (Wildman–Crippen MR) is 97.8 cm³/mol. The fourth-order valence-corrected chi connectivity index (χ4v) is 3.99. The lowest BCUT2D eigenvalue weighted by molar-refractivity contribution is 0.0901. The molecule has 1 aliphatic heterocycles. The Morgan fingerprint density at radius 3 is 2.32 bits per heavy atom. The molecule has 0 aromatic carbocycles. The monoisotopic (exact) mass is 323 g/mol. The van der Waals surface area contributed by atoms with Gasteiger partial charge in [-0.05, 0) is 43.4 Å². The minimum Gasteiger partial charge on any atom is -0.297 e. The molecule has 1 aromatic rings. The van der Waals surface area contributed by atoms with Crippen LogP contribution in [0.25, 0.3) is 0 Å². The molecule has 126 valence electrons. The quantitative estimate of drug-likeness (QED) is 0.804. The van der Waals surface area contributed by atoms with Crippen molar-refractivity contribution in [3.05, 3.63) is 18.0 Å². The topological polar surface area (TPSA) is 21.1 Å². The van der Waals surface area contributed by atoms with Gasteiger partial charge in [0.25, 0.3) is 0 Å². The second-order valence-corrected chi connectivity index (χ2v) is 9.40. The van der Waals surface area contributed by atoms with Gasteiger partial charge in [0.1, 0.15) is 0 Å². The summed E-state index contributed by atoms with van der Waals surface area (Å²) in [5, 5.41) is 4.64. The van der Waals surface area contributed by atoms with Crippen LogP contribution in [0, 0.1) is 0 Å². The van der Waals surface area contributed by atoms with Gasteiger partial charge in [-0.25, -0.2) is 0 Å². The Balaban J connectivity index is 1.93. The number of hydrogen-bond donors (Lipinski definition) is 0. The first kappa shape index (κ1) is 17.9. The molecule has 2 heterocycles. The first-order valence-corrected chi connectivity index (χ1v) is 9.77. The average Bonchev–Trinajstić information content (AvgIpc) is 2.95. The summed E-state index contributed by atoms with van der Waals surface area (Å²) in [6, 6.07) is 0.571. The molecule has 0 atom stereocenters. The Labute approximate surface area is 140 Å². The van der Waals surface area contributed by atoms with Crippen molar-refractivity contribution in [2.45, 2.75) is 71.4 Å². The maximum atomic E-state index is 4.64. The maximum absolute atomic E-state index is 4.64. The van der Waals surface area contributed by atoms with Gasteiger partial charge < -0.3 is 0 Å². The molecule has 0 N–H and O–H groups in total. The van der Waals surface area contributed by atoms with Crippen molar-refractivity contribution in [2.75, 3.05) is 24.6 Å². The van der Waals surface area contributed by atoms with E-state index in [1.165, 1.54) is 43.0 Å². The van der Waals surface area contributed by atoms with Crippen LogP contribution < -0.4 is 0 Å². The van der Waals surface area contributed by atoms with Gasteiger partial charge in [-0.15, -0.1) is 0 Å². The van der Waals surface area contributed by atoms with Crippen molar-refractivity contribution in [1.29, 1.82) is 0 Å². The summed E-state index contributed by atoms with van der Waals surface area (Å²) in [4.78, 5) is 2.67. The lowest BCUT2D eigenvalue weighted by atomic mass is 9.90. The zero-order valence-electron chi connectivity index (χ0n) is 15.2. The van der Waals surface area contributed by atoms with Crippen LogP contribution in [0.4, 0.5) is 0 Å². The van der Waals surface area contributed by atoms with Crippen molar-refractivity contribution in [3.63, 3.8) is 0 Å². The molecule has 1 aromatic heterocycles. The van der Waals surface area contributed by atoms with Gasteiger partial charge in [0.15, 0.2) is 0 Å². The lowest BCUT2D eigenvalue weighted by Crippen LogP contribution is -2.50. The minimum atomic E-state index is 0.193. The molecule has 0 amide bonds. The van der Waals surface area contributed by atoms with Crippen LogP contribution >= 0.6 is 11.8 Å². The molecule has 0 aliphatic carbocycles. The summed E-state index contributed by atoms with van der Waals surface area (Å²) >= 11 is 2.05. The van der Waals surface area contributed by atoms with Gasteiger partial charge in [-0.2, -0.15) is 16.9 Å². The lowest BCUT2D eigenvalue weighted by Gasteiger charge is -2.43. The zero-order valence-corrected chi connectivity index (χ0v) is 16.0. The van der Waals surface area contributed by atoms with E-state index in [9.17, 15) is 0 Å². The molecule has 1 fully saturated rings. The number of nitrogens with zero attached hydrogens (tertiary/aromatic N) is 3. The van der Waals surface area contributed by atoms with Crippen molar-refractivity contribution < 1.29 is 0 Å². The molecule has 0 spiro atoms. The summed E-state index contributed by atoms with van der Waals surface area (Å²) in [6.07, 6.45) is 6.74. The number of rotatable bonds is 5. The van der Waals surface area contributed by atoms with E-state index < -0.39 is 0 Å². The fraction of sp³-hybridized carbons (Fsp3) is 0.833. The number of hydrogen-bond acceptors (Lipinski definition) is 3. The number of likely N-dealkylation sites (tertiary alicyclic amines) is 1. The van der Waals surface area contributed by atoms with E-state index in [4.69, 9.17) is 0 Å². The molecule has 0 bridgehead atoms. The highest BCUT2D eigenvalue weighted by molar-refractivity contribution is 7.99. The van der Waals surface area contributed by atoms with Crippen molar-refractivity contribution in [3.8, 4) is 0 Å². The third-order valence-electron chi connectivity index (χ3n) is 4.82. The van der Waals surface area contributed by atoms with Crippen LogP contribution in [0.5, 0.6) is 0 Å². The van der Waals surface area contributed by atoms with Gasteiger partial charge in [-0.1, -0.05) is 27.7 Å². The predicted octanol–water partition coefficient (Wildman–Crippen LogP) is 4.35. The molecule has 4 heteroatoms. The molecule has 0 saturated carbocycles. The van der Waals surface area contributed by atoms with E-state index in [1.54, 1.807) is 0 Å². The number of aromatic nitrogens is 2. The first-order valence-electron chi connectivity index (χ1n) is 8.61. The van der Waals surface area contributed by atoms with Gasteiger partial charge >= 0.3 is 0 Å². The smallest absolute Gasteiger partial charge is 0.0543 e. The van der Waals surface area contributed by atoms with Crippen molar-refractivity contribution in [2.24, 2.45) is 0 Å². The highest BCUT2D eigenvalue weighted by Gasteiger charge is 2.31. The van der Waals surface area contributed by atoms with E-state index >= 15 is 0 Å². The van der Waals surface area contributed by atoms with Crippen LogP contribution in [0.15, 0.2) is 12.4 Å². The third-order valence-corrected chi connectivity index (χ3v) is 6.14. The minimum absolute atomic E-state index is 0.193. The largest absolute Gasteiger partial charge is 0.297 e. The van der Waals surface area contributed by atoms with Gasteiger partial charge in [0.2, 0.25) is 0 Å². The van der Waals surface area contributed by atoms with E-state index in [2.05, 4.69) is 74.2 Å². The highest BCUT2D eigenvalue weighted by atomic mass is 32.2. The second kappa shape index (κ2) is 6.96. The number of thioether (sulfide) groups is 1. The van der Waals surface area contributed by atoms with E-state index in [0.717, 1.165) is 0 Å². The van der Waals surface area contributed by atoms with E-state index in [0.29, 0.717) is 11.6 Å². The molecule has 22 heavy (non-hydrogen) atoms. The second-order valence-electron chi connectivity index (χ2n) is 8.13. The zero-order chi connectivity index (χ0) is 16.4. The summed E-state index contributed by atoms with van der Waals surface area (Å²) < 4.78 is 2.21. The molecule has 2 rings (SSSR count). The Morgan fingerprint density at radius 1 is 1.18 bits per heavy atom. The van der Waals surface area contributed by atoms with Gasteiger partial charge in [0, 0.05) is 30.6 Å². The Kier molecular flexibility index (Phi) is 5.65. The third kappa shape index (κ3) is 4.29. The Morgan fingerprint density at radius 2 is 1.82 bits per heavy atom. The highest BCUT2D eigenvalue weighted by Crippen LogP contribution is 2.30. The summed E-state index contributed by atoms with van der Waals surface area (Å²) in [5.41, 5.74) is 1.85. The van der Waals surface area contributed by atoms with Crippen molar-refractivity contribution in [1.82, 2.24) is 14.7 Å². The molecular formula is C18H33N3S. The van der Waals surface area contributed by atoms with Crippen LogP contribution in [-0.4, -0.2) is 44.8 Å². The van der Waals surface area contributed by atoms with Gasteiger partial charge in [-0.3, -0.25) is 9.58 Å². The molecule has 3 nitrogen and oxygen atoms in total. The molecule has 0 unspecified atom stereocenters. The van der Waals surface area contributed by atoms with Crippen LogP contribution in [0.2, 0.25) is 0 Å². The normalized spacial score (nSPS) is 18.8. The Bertz CT molecular complexity index is 465. The van der Waals surface area contributed by atoms with Crippen LogP contribution in [-0.2, 0) is 5.41 Å². The maximum Gasteiger partial charge on any atom is 0.0543 e. The van der Waals surface area contributed by atoms with Crippen LogP contribution in [0.3, 0.4) is 0 Å².